The van der Waals surface area contributed by atoms with Crippen molar-refractivity contribution in [1.82, 2.24) is 0 Å². The quantitative estimate of drug-likeness (QED) is 0.821. The van der Waals surface area contributed by atoms with Crippen molar-refractivity contribution >= 4 is 27.9 Å². The Morgan fingerprint density at radius 2 is 1.93 bits per heavy atom. The molecule has 1 aromatic heterocycles. The summed E-state index contributed by atoms with van der Waals surface area (Å²) < 4.78 is 0. The molecular formula is C11H7ClN2S. The van der Waals surface area contributed by atoms with E-state index in [1.165, 1.54) is 11.3 Å². The number of hydrogen-bond acceptors (Lipinski definition) is 3. The summed E-state index contributed by atoms with van der Waals surface area (Å²) in [4.78, 5) is 0.987. The molecule has 0 radical (unpaired) electrons. The zero-order valence-electron chi connectivity index (χ0n) is 7.70. The Morgan fingerprint density at radius 1 is 1.27 bits per heavy atom. The van der Waals surface area contributed by atoms with E-state index in [0.29, 0.717) is 15.6 Å². The second-order valence-corrected chi connectivity index (χ2v) is 4.53. The third kappa shape index (κ3) is 1.96. The Labute approximate surface area is 96.5 Å². The Kier molecular flexibility index (Phi) is 2.63. The number of nitriles is 1. The first kappa shape index (κ1) is 10.0. The van der Waals surface area contributed by atoms with Crippen molar-refractivity contribution in [3.8, 4) is 16.5 Å². The van der Waals surface area contributed by atoms with Crippen LogP contribution in [0.2, 0.25) is 5.02 Å². The zero-order chi connectivity index (χ0) is 10.8. The predicted molar refractivity (Wildman–Crippen MR) is 63.9 cm³/mol. The summed E-state index contributed by atoms with van der Waals surface area (Å²) in [6.45, 7) is 0. The Bertz CT molecular complexity index is 523. The van der Waals surface area contributed by atoms with Crippen molar-refractivity contribution in [2.45, 2.75) is 0 Å². The zero-order valence-corrected chi connectivity index (χ0v) is 9.27. The van der Waals surface area contributed by atoms with Gasteiger partial charge in [-0.2, -0.15) is 5.26 Å². The number of nitrogen functional groups attached to an aromatic ring is 1. The number of anilines is 1. The summed E-state index contributed by atoms with van der Waals surface area (Å²) in [5, 5.41) is 10.0. The molecule has 0 spiro atoms. The van der Waals surface area contributed by atoms with Crippen molar-refractivity contribution in [2.24, 2.45) is 0 Å². The van der Waals surface area contributed by atoms with Crippen molar-refractivity contribution in [3.63, 3.8) is 0 Å². The van der Waals surface area contributed by atoms with Crippen LogP contribution in [0.5, 0.6) is 0 Å². The molecule has 0 bridgehead atoms. The minimum absolute atomic E-state index is 0.532. The summed E-state index contributed by atoms with van der Waals surface area (Å²) in [6.07, 6.45) is 0. The fourth-order valence-corrected chi connectivity index (χ4v) is 2.26. The van der Waals surface area contributed by atoms with Gasteiger partial charge in [0.1, 0.15) is 11.1 Å². The highest BCUT2D eigenvalue weighted by atomic mass is 35.5. The van der Waals surface area contributed by atoms with Crippen LogP contribution in [0.3, 0.4) is 0 Å². The standard InChI is InChI=1S/C11H7ClN2S/c12-9-3-1-7(2-4-9)10-5-8(6-13)11(14)15-10/h1-5H,14H2. The number of rotatable bonds is 1. The van der Waals surface area contributed by atoms with Crippen LogP contribution >= 0.6 is 22.9 Å². The van der Waals surface area contributed by atoms with Gasteiger partial charge in [0.05, 0.1) is 5.56 Å². The van der Waals surface area contributed by atoms with Gasteiger partial charge in [-0.25, -0.2) is 0 Å². The van der Waals surface area contributed by atoms with Gasteiger partial charge in [-0.3, -0.25) is 0 Å². The van der Waals surface area contributed by atoms with Gasteiger partial charge >= 0.3 is 0 Å². The smallest absolute Gasteiger partial charge is 0.104 e. The van der Waals surface area contributed by atoms with E-state index < -0.39 is 0 Å². The maximum Gasteiger partial charge on any atom is 0.104 e. The van der Waals surface area contributed by atoms with Crippen LogP contribution in [0.1, 0.15) is 5.56 Å². The summed E-state index contributed by atoms with van der Waals surface area (Å²) in [7, 11) is 0. The molecule has 0 atom stereocenters. The highest BCUT2D eigenvalue weighted by molar-refractivity contribution is 7.19. The van der Waals surface area contributed by atoms with Crippen molar-refractivity contribution in [3.05, 3.63) is 40.9 Å². The molecule has 2 N–H and O–H groups in total. The van der Waals surface area contributed by atoms with Gasteiger partial charge in [0.15, 0.2) is 0 Å². The third-order valence-electron chi connectivity index (χ3n) is 2.01. The first-order valence-electron chi connectivity index (χ1n) is 4.26. The first-order chi connectivity index (χ1) is 7.20. The lowest BCUT2D eigenvalue weighted by atomic mass is 10.2. The molecule has 0 aliphatic carbocycles. The normalized spacial score (nSPS) is 9.87. The van der Waals surface area contributed by atoms with Crippen molar-refractivity contribution in [1.29, 1.82) is 5.26 Å². The molecule has 0 aliphatic rings. The largest absolute Gasteiger partial charge is 0.389 e. The van der Waals surface area contributed by atoms with Crippen LogP contribution in [-0.4, -0.2) is 0 Å². The lowest BCUT2D eigenvalue weighted by Crippen LogP contribution is -1.80. The van der Waals surface area contributed by atoms with Gasteiger partial charge in [0.2, 0.25) is 0 Å². The van der Waals surface area contributed by atoms with E-state index in [-0.39, 0.29) is 0 Å². The molecule has 0 saturated carbocycles. The minimum Gasteiger partial charge on any atom is -0.389 e. The van der Waals surface area contributed by atoms with Gasteiger partial charge in [0.25, 0.3) is 0 Å². The highest BCUT2D eigenvalue weighted by Crippen LogP contribution is 2.33. The molecule has 0 aliphatic heterocycles. The van der Waals surface area contributed by atoms with E-state index in [0.717, 1.165) is 10.4 Å². The van der Waals surface area contributed by atoms with E-state index in [9.17, 15) is 0 Å². The Morgan fingerprint density at radius 3 is 2.47 bits per heavy atom. The molecule has 4 heteroatoms. The maximum atomic E-state index is 8.78. The van der Waals surface area contributed by atoms with E-state index in [1.807, 2.05) is 24.3 Å². The number of halogens is 1. The van der Waals surface area contributed by atoms with E-state index in [1.54, 1.807) is 6.07 Å². The topological polar surface area (TPSA) is 49.8 Å². The van der Waals surface area contributed by atoms with Crippen LogP contribution in [0.25, 0.3) is 10.4 Å². The molecule has 0 amide bonds. The van der Waals surface area contributed by atoms with Crippen LogP contribution < -0.4 is 5.73 Å². The van der Waals surface area contributed by atoms with Crippen molar-refractivity contribution in [2.75, 3.05) is 5.73 Å². The van der Waals surface area contributed by atoms with E-state index in [4.69, 9.17) is 22.6 Å². The molecule has 15 heavy (non-hydrogen) atoms. The lowest BCUT2D eigenvalue weighted by Gasteiger charge is -1.95. The highest BCUT2D eigenvalue weighted by Gasteiger charge is 2.06. The molecule has 2 nitrogen and oxygen atoms in total. The molecule has 74 valence electrons. The van der Waals surface area contributed by atoms with Gasteiger partial charge in [-0.1, -0.05) is 23.7 Å². The summed E-state index contributed by atoms with van der Waals surface area (Å²) in [5.74, 6) is 0. The Balaban J connectivity index is 2.46. The van der Waals surface area contributed by atoms with Gasteiger partial charge in [-0.15, -0.1) is 11.3 Å². The average molecular weight is 235 g/mol. The molecular weight excluding hydrogens is 228 g/mol. The third-order valence-corrected chi connectivity index (χ3v) is 3.28. The van der Waals surface area contributed by atoms with Gasteiger partial charge < -0.3 is 5.73 Å². The molecule has 1 aromatic carbocycles. The average Bonchev–Trinajstić information content (AvgIpc) is 2.61. The molecule has 1 heterocycles. The summed E-state index contributed by atoms with van der Waals surface area (Å²) in [5.41, 5.74) is 7.25. The van der Waals surface area contributed by atoms with Crippen molar-refractivity contribution < 1.29 is 0 Å². The summed E-state index contributed by atoms with van der Waals surface area (Å²) >= 11 is 7.20. The molecule has 0 saturated heterocycles. The summed E-state index contributed by atoms with van der Waals surface area (Å²) in [6, 6.07) is 11.3. The Hall–Kier alpha value is -1.50. The van der Waals surface area contributed by atoms with Crippen LogP contribution in [0.15, 0.2) is 30.3 Å². The fraction of sp³-hybridized carbons (Fsp3) is 0. The minimum atomic E-state index is 0.532. The molecule has 2 aromatic rings. The number of hydrogen-bond donors (Lipinski definition) is 1. The van der Waals surface area contributed by atoms with E-state index >= 15 is 0 Å². The molecule has 0 unspecified atom stereocenters. The number of benzene rings is 1. The fourth-order valence-electron chi connectivity index (χ4n) is 1.25. The second-order valence-electron chi connectivity index (χ2n) is 3.01. The lowest BCUT2D eigenvalue weighted by molar-refractivity contribution is 1.51. The van der Waals surface area contributed by atoms with Crippen LogP contribution in [-0.2, 0) is 0 Å². The predicted octanol–water partition coefficient (Wildman–Crippen LogP) is 3.52. The monoisotopic (exact) mass is 234 g/mol. The van der Waals surface area contributed by atoms with Gasteiger partial charge in [-0.05, 0) is 23.8 Å². The van der Waals surface area contributed by atoms with Gasteiger partial charge in [0, 0.05) is 9.90 Å². The van der Waals surface area contributed by atoms with Crippen LogP contribution in [0, 0.1) is 11.3 Å². The van der Waals surface area contributed by atoms with E-state index in [2.05, 4.69) is 6.07 Å². The SMILES string of the molecule is N#Cc1cc(-c2ccc(Cl)cc2)sc1N. The maximum absolute atomic E-state index is 8.78. The first-order valence-corrected chi connectivity index (χ1v) is 5.45. The molecule has 0 fully saturated rings. The number of nitrogens with two attached hydrogens (primary N) is 1. The number of thiophene rings is 1. The molecule has 2 rings (SSSR count). The second kappa shape index (κ2) is 3.93. The van der Waals surface area contributed by atoms with Crippen LogP contribution in [0.4, 0.5) is 5.00 Å². The number of nitrogens with zero attached hydrogens (tertiary/aromatic N) is 1.